The number of amides is 1. The van der Waals surface area contributed by atoms with Crippen LogP contribution < -0.4 is 5.32 Å². The molecule has 2 aromatic heterocycles. The monoisotopic (exact) mass is 254 g/mol. The van der Waals surface area contributed by atoms with Gasteiger partial charge in [0.25, 0.3) is 5.91 Å². The van der Waals surface area contributed by atoms with Crippen LogP contribution in [0.25, 0.3) is 10.9 Å². The summed E-state index contributed by atoms with van der Waals surface area (Å²) >= 11 is 0. The van der Waals surface area contributed by atoms with Crippen LogP contribution in [0.2, 0.25) is 0 Å². The van der Waals surface area contributed by atoms with Gasteiger partial charge in [0.15, 0.2) is 0 Å². The Hall–Kier alpha value is -2.56. The lowest BCUT2D eigenvalue weighted by molar-refractivity contribution is 0.0952. The third kappa shape index (κ3) is 2.22. The summed E-state index contributed by atoms with van der Waals surface area (Å²) in [5.41, 5.74) is 2.62. The number of hydrogen-bond donors (Lipinski definition) is 2. The minimum atomic E-state index is -0.0821. The number of H-pyrrole nitrogens is 1. The zero-order valence-electron chi connectivity index (χ0n) is 10.6. The molecule has 0 unspecified atom stereocenters. The zero-order valence-corrected chi connectivity index (χ0v) is 10.6. The third-order valence-electron chi connectivity index (χ3n) is 3.05. The fourth-order valence-corrected chi connectivity index (χ4v) is 2.10. The van der Waals surface area contributed by atoms with Crippen LogP contribution in [0.1, 0.15) is 15.9 Å². The molecule has 5 nitrogen and oxygen atoms in total. The number of benzene rings is 1. The van der Waals surface area contributed by atoms with Crippen molar-refractivity contribution in [3.8, 4) is 0 Å². The van der Waals surface area contributed by atoms with Gasteiger partial charge < -0.3 is 10.3 Å². The quantitative estimate of drug-likeness (QED) is 0.749. The summed E-state index contributed by atoms with van der Waals surface area (Å²) in [5.74, 6) is -0.0821. The number of aryl methyl sites for hydroxylation is 1. The highest BCUT2D eigenvalue weighted by atomic mass is 16.1. The molecule has 3 aromatic rings. The van der Waals surface area contributed by atoms with E-state index in [4.69, 9.17) is 0 Å². The highest BCUT2D eigenvalue weighted by Gasteiger charge is 2.11. The summed E-state index contributed by atoms with van der Waals surface area (Å²) in [6, 6.07) is 7.75. The van der Waals surface area contributed by atoms with Crippen LogP contribution in [-0.2, 0) is 13.6 Å². The van der Waals surface area contributed by atoms with Gasteiger partial charge in [-0.05, 0) is 6.07 Å². The number of nitrogens with zero attached hydrogens (tertiary/aromatic N) is 2. The van der Waals surface area contributed by atoms with E-state index < -0.39 is 0 Å². The van der Waals surface area contributed by atoms with Crippen LogP contribution in [0.4, 0.5) is 0 Å². The second-order valence-electron chi connectivity index (χ2n) is 4.45. The molecule has 2 N–H and O–H groups in total. The van der Waals surface area contributed by atoms with Crippen molar-refractivity contribution in [1.29, 1.82) is 0 Å². The Labute approximate surface area is 110 Å². The standard InChI is InChI=1S/C14H14N4O/c1-18-9-10(7-17-18)6-16-14(19)12-8-15-13-5-3-2-4-11(12)13/h2-5,7-9,15H,6H2,1H3,(H,16,19). The Balaban J connectivity index is 1.77. The number of hydrogen-bond acceptors (Lipinski definition) is 2. The van der Waals surface area contributed by atoms with Gasteiger partial charge in [-0.15, -0.1) is 0 Å². The molecule has 0 aliphatic heterocycles. The van der Waals surface area contributed by atoms with Gasteiger partial charge in [-0.1, -0.05) is 18.2 Å². The van der Waals surface area contributed by atoms with Crippen LogP contribution in [-0.4, -0.2) is 20.7 Å². The van der Waals surface area contributed by atoms with E-state index in [0.717, 1.165) is 16.5 Å². The molecule has 19 heavy (non-hydrogen) atoms. The summed E-state index contributed by atoms with van der Waals surface area (Å²) in [6.45, 7) is 0.478. The molecular weight excluding hydrogens is 240 g/mol. The van der Waals surface area contributed by atoms with Crippen LogP contribution in [0.15, 0.2) is 42.9 Å². The molecule has 2 heterocycles. The van der Waals surface area contributed by atoms with Gasteiger partial charge in [0, 0.05) is 42.5 Å². The number of fused-ring (bicyclic) bond motifs is 1. The molecule has 1 aromatic carbocycles. The molecule has 0 saturated carbocycles. The predicted molar refractivity (Wildman–Crippen MR) is 72.7 cm³/mol. The number of carbonyl (C=O) groups excluding carboxylic acids is 1. The number of nitrogens with one attached hydrogen (secondary N) is 2. The number of carbonyl (C=O) groups is 1. The summed E-state index contributed by atoms with van der Waals surface area (Å²) in [5, 5.41) is 7.90. The van der Waals surface area contributed by atoms with Gasteiger partial charge in [0.05, 0.1) is 11.8 Å². The maximum absolute atomic E-state index is 12.1. The molecule has 96 valence electrons. The van der Waals surface area contributed by atoms with Crippen molar-refractivity contribution in [3.05, 3.63) is 54.0 Å². The van der Waals surface area contributed by atoms with Gasteiger partial charge in [-0.2, -0.15) is 5.10 Å². The minimum Gasteiger partial charge on any atom is -0.360 e. The lowest BCUT2D eigenvalue weighted by Crippen LogP contribution is -2.22. The third-order valence-corrected chi connectivity index (χ3v) is 3.05. The van der Waals surface area contributed by atoms with Crippen molar-refractivity contribution in [2.45, 2.75) is 6.54 Å². The maximum Gasteiger partial charge on any atom is 0.253 e. The van der Waals surface area contributed by atoms with E-state index in [2.05, 4.69) is 15.4 Å². The van der Waals surface area contributed by atoms with Crippen molar-refractivity contribution in [2.24, 2.45) is 7.05 Å². The SMILES string of the molecule is Cn1cc(CNC(=O)c2c[nH]c3ccccc23)cn1. The second-order valence-corrected chi connectivity index (χ2v) is 4.45. The fourth-order valence-electron chi connectivity index (χ4n) is 2.10. The van der Waals surface area contributed by atoms with Crippen molar-refractivity contribution >= 4 is 16.8 Å². The first-order valence-corrected chi connectivity index (χ1v) is 6.06. The van der Waals surface area contributed by atoms with E-state index in [9.17, 15) is 4.79 Å². The number of aromatic nitrogens is 3. The van der Waals surface area contributed by atoms with E-state index in [1.165, 1.54) is 0 Å². The molecule has 0 saturated heterocycles. The van der Waals surface area contributed by atoms with Crippen LogP contribution >= 0.6 is 0 Å². The number of rotatable bonds is 3. The minimum absolute atomic E-state index is 0.0821. The second kappa shape index (κ2) is 4.61. The molecule has 3 rings (SSSR count). The lowest BCUT2D eigenvalue weighted by atomic mass is 10.1. The first-order valence-electron chi connectivity index (χ1n) is 6.06. The van der Waals surface area contributed by atoms with E-state index in [1.54, 1.807) is 17.1 Å². The molecule has 0 spiro atoms. The number of aromatic amines is 1. The van der Waals surface area contributed by atoms with Crippen molar-refractivity contribution in [3.63, 3.8) is 0 Å². The normalized spacial score (nSPS) is 10.8. The molecule has 0 aliphatic rings. The largest absolute Gasteiger partial charge is 0.360 e. The highest BCUT2D eigenvalue weighted by molar-refractivity contribution is 6.06. The summed E-state index contributed by atoms with van der Waals surface area (Å²) in [6.07, 6.45) is 5.37. The first-order chi connectivity index (χ1) is 9.24. The predicted octanol–water partition coefficient (Wildman–Crippen LogP) is 1.83. The summed E-state index contributed by atoms with van der Waals surface area (Å²) < 4.78 is 1.72. The molecular formula is C14H14N4O. The van der Waals surface area contributed by atoms with E-state index in [1.807, 2.05) is 37.5 Å². The Bertz CT molecular complexity index is 726. The maximum atomic E-state index is 12.1. The molecule has 1 amide bonds. The van der Waals surface area contributed by atoms with Crippen molar-refractivity contribution in [2.75, 3.05) is 0 Å². The molecule has 0 aliphatic carbocycles. The number of para-hydroxylation sites is 1. The Morgan fingerprint density at radius 2 is 2.26 bits per heavy atom. The summed E-state index contributed by atoms with van der Waals surface area (Å²) in [7, 11) is 1.85. The Kier molecular flexibility index (Phi) is 2.79. The average molecular weight is 254 g/mol. The first kappa shape index (κ1) is 11.5. The lowest BCUT2D eigenvalue weighted by Gasteiger charge is -2.02. The molecule has 0 bridgehead atoms. The molecule has 5 heteroatoms. The van der Waals surface area contributed by atoms with Crippen LogP contribution in [0, 0.1) is 0 Å². The summed E-state index contributed by atoms with van der Waals surface area (Å²) in [4.78, 5) is 15.2. The zero-order chi connectivity index (χ0) is 13.2. The van der Waals surface area contributed by atoms with Crippen LogP contribution in [0.5, 0.6) is 0 Å². The van der Waals surface area contributed by atoms with Gasteiger partial charge >= 0.3 is 0 Å². The molecule has 0 radical (unpaired) electrons. The molecule has 0 fully saturated rings. The van der Waals surface area contributed by atoms with Gasteiger partial charge in [-0.3, -0.25) is 9.48 Å². The topological polar surface area (TPSA) is 62.7 Å². The van der Waals surface area contributed by atoms with E-state index in [-0.39, 0.29) is 5.91 Å². The van der Waals surface area contributed by atoms with Gasteiger partial charge in [0.1, 0.15) is 0 Å². The smallest absolute Gasteiger partial charge is 0.253 e. The highest BCUT2D eigenvalue weighted by Crippen LogP contribution is 2.17. The van der Waals surface area contributed by atoms with E-state index in [0.29, 0.717) is 12.1 Å². The Morgan fingerprint density at radius 3 is 3.05 bits per heavy atom. The van der Waals surface area contributed by atoms with Crippen molar-refractivity contribution < 1.29 is 4.79 Å². The molecule has 0 atom stereocenters. The Morgan fingerprint density at radius 1 is 1.42 bits per heavy atom. The van der Waals surface area contributed by atoms with Crippen molar-refractivity contribution in [1.82, 2.24) is 20.1 Å². The average Bonchev–Trinajstić information content (AvgIpc) is 3.02. The van der Waals surface area contributed by atoms with E-state index >= 15 is 0 Å². The van der Waals surface area contributed by atoms with Gasteiger partial charge in [0.2, 0.25) is 0 Å². The van der Waals surface area contributed by atoms with Gasteiger partial charge in [-0.25, -0.2) is 0 Å². The van der Waals surface area contributed by atoms with Crippen LogP contribution in [0.3, 0.4) is 0 Å². The fraction of sp³-hybridized carbons (Fsp3) is 0.143.